The Morgan fingerprint density at radius 1 is 1.14 bits per heavy atom. The number of hydrogen-bond acceptors (Lipinski definition) is 3. The lowest BCUT2D eigenvalue weighted by Crippen LogP contribution is -2.48. The van der Waals surface area contributed by atoms with Crippen LogP contribution >= 0.6 is 0 Å². The molecule has 2 saturated carbocycles. The standard InChI is InChI=1S/C18H24O3/c19-10-18-8-7-14-13-4-2-12(20)9-11(13)1-3-15(14)16(18)5-6-17(18)21/h2,4,9,14-17,19-21H,1,3,5-8,10H2/t14-,15-,16+,17-,18-/m1/s1. The van der Waals surface area contributed by atoms with Crippen LogP contribution < -0.4 is 0 Å². The Morgan fingerprint density at radius 3 is 2.81 bits per heavy atom. The van der Waals surface area contributed by atoms with Gasteiger partial charge in [0.05, 0.1) is 12.7 Å². The Bertz CT molecular complexity index is 555. The first kappa shape index (κ1) is 13.6. The minimum absolute atomic E-state index is 0.129. The average Bonchev–Trinajstić information content (AvgIpc) is 2.84. The molecule has 0 unspecified atom stereocenters. The highest BCUT2D eigenvalue weighted by molar-refractivity contribution is 5.40. The zero-order chi connectivity index (χ0) is 14.6. The van der Waals surface area contributed by atoms with Crippen molar-refractivity contribution >= 4 is 0 Å². The number of aryl methyl sites for hydroxylation is 1. The normalized spacial score (nSPS) is 41.2. The maximum Gasteiger partial charge on any atom is 0.115 e. The van der Waals surface area contributed by atoms with E-state index in [2.05, 4.69) is 6.07 Å². The van der Waals surface area contributed by atoms with E-state index in [4.69, 9.17) is 0 Å². The third kappa shape index (κ3) is 1.80. The molecule has 3 nitrogen and oxygen atoms in total. The van der Waals surface area contributed by atoms with E-state index < -0.39 is 0 Å². The largest absolute Gasteiger partial charge is 0.508 e. The number of aliphatic hydroxyl groups is 2. The Morgan fingerprint density at radius 2 is 2.00 bits per heavy atom. The van der Waals surface area contributed by atoms with Gasteiger partial charge in [0.2, 0.25) is 0 Å². The Kier molecular flexibility index (Phi) is 3.05. The summed E-state index contributed by atoms with van der Waals surface area (Å²) in [5, 5.41) is 30.0. The van der Waals surface area contributed by atoms with Gasteiger partial charge < -0.3 is 15.3 Å². The SMILES string of the molecule is OC[C@]12CC[C@@H]3c4ccc(O)cc4CC[C@H]3[C@@H]1CC[C@H]2O. The van der Waals surface area contributed by atoms with E-state index in [0.717, 1.165) is 38.5 Å². The maximum absolute atomic E-state index is 10.4. The monoisotopic (exact) mass is 288 g/mol. The summed E-state index contributed by atoms with van der Waals surface area (Å²) < 4.78 is 0. The molecule has 0 spiro atoms. The van der Waals surface area contributed by atoms with E-state index in [0.29, 0.717) is 23.5 Å². The summed E-state index contributed by atoms with van der Waals surface area (Å²) in [6.45, 7) is 0.129. The molecular weight excluding hydrogens is 264 g/mol. The molecule has 0 radical (unpaired) electrons. The molecule has 1 aromatic rings. The lowest BCUT2D eigenvalue weighted by atomic mass is 9.55. The summed E-state index contributed by atoms with van der Waals surface area (Å²) in [4.78, 5) is 0. The summed E-state index contributed by atoms with van der Waals surface area (Å²) in [5.41, 5.74) is 2.46. The van der Waals surface area contributed by atoms with Gasteiger partial charge in [-0.2, -0.15) is 0 Å². The fraction of sp³-hybridized carbons (Fsp3) is 0.667. The Hall–Kier alpha value is -1.06. The van der Waals surface area contributed by atoms with Gasteiger partial charge in [0.15, 0.2) is 0 Å². The van der Waals surface area contributed by atoms with Crippen LogP contribution in [0.4, 0.5) is 0 Å². The van der Waals surface area contributed by atoms with Gasteiger partial charge in [-0.25, -0.2) is 0 Å². The molecular formula is C18H24O3. The average molecular weight is 288 g/mol. The third-order valence-electron chi connectivity index (χ3n) is 6.68. The van der Waals surface area contributed by atoms with Crippen LogP contribution in [0.1, 0.15) is 49.1 Å². The van der Waals surface area contributed by atoms with Crippen molar-refractivity contribution in [2.75, 3.05) is 6.61 Å². The lowest BCUT2D eigenvalue weighted by Gasteiger charge is -2.50. The van der Waals surface area contributed by atoms with Gasteiger partial charge in [-0.05, 0) is 79.5 Å². The van der Waals surface area contributed by atoms with Crippen molar-refractivity contribution in [2.24, 2.45) is 17.3 Å². The first-order chi connectivity index (χ1) is 10.2. The molecule has 0 aliphatic heterocycles. The second-order valence-electron chi connectivity index (χ2n) is 7.32. The van der Waals surface area contributed by atoms with Crippen molar-refractivity contribution in [3.63, 3.8) is 0 Å². The minimum atomic E-state index is -0.324. The van der Waals surface area contributed by atoms with Gasteiger partial charge in [0.25, 0.3) is 0 Å². The molecule has 0 aromatic heterocycles. The quantitative estimate of drug-likeness (QED) is 0.744. The predicted octanol–water partition coefficient (Wildman–Crippen LogP) is 2.58. The van der Waals surface area contributed by atoms with E-state index in [-0.39, 0.29) is 18.1 Å². The first-order valence-electron chi connectivity index (χ1n) is 8.26. The molecule has 0 amide bonds. The van der Waals surface area contributed by atoms with E-state index in [1.54, 1.807) is 6.07 Å². The predicted molar refractivity (Wildman–Crippen MR) is 80.1 cm³/mol. The molecule has 5 atom stereocenters. The number of aliphatic hydroxyl groups excluding tert-OH is 2. The molecule has 3 aliphatic carbocycles. The molecule has 3 N–H and O–H groups in total. The van der Waals surface area contributed by atoms with Crippen molar-refractivity contribution in [3.05, 3.63) is 29.3 Å². The second kappa shape index (κ2) is 4.72. The second-order valence-corrected chi connectivity index (χ2v) is 7.32. The first-order valence-corrected chi connectivity index (χ1v) is 8.26. The van der Waals surface area contributed by atoms with E-state index >= 15 is 0 Å². The highest BCUT2D eigenvalue weighted by atomic mass is 16.3. The van der Waals surface area contributed by atoms with E-state index in [1.165, 1.54) is 11.1 Å². The van der Waals surface area contributed by atoms with Gasteiger partial charge in [-0.1, -0.05) is 6.07 Å². The molecule has 3 aliphatic rings. The van der Waals surface area contributed by atoms with Gasteiger partial charge in [-0.15, -0.1) is 0 Å². The molecule has 3 heteroatoms. The fourth-order valence-electron chi connectivity index (χ4n) is 5.65. The minimum Gasteiger partial charge on any atom is -0.508 e. The zero-order valence-corrected chi connectivity index (χ0v) is 12.3. The number of phenolic OH excluding ortho intramolecular Hbond substituents is 1. The molecule has 4 rings (SSSR count). The number of phenols is 1. The molecule has 0 bridgehead atoms. The van der Waals surface area contributed by atoms with Crippen LogP contribution in [0, 0.1) is 17.3 Å². The topological polar surface area (TPSA) is 60.7 Å². The van der Waals surface area contributed by atoms with Crippen LogP contribution in [0.25, 0.3) is 0 Å². The molecule has 1 aromatic carbocycles. The van der Waals surface area contributed by atoms with Crippen LogP contribution in [0.15, 0.2) is 18.2 Å². The van der Waals surface area contributed by atoms with Crippen molar-refractivity contribution < 1.29 is 15.3 Å². The van der Waals surface area contributed by atoms with Crippen molar-refractivity contribution in [2.45, 2.75) is 50.5 Å². The van der Waals surface area contributed by atoms with Gasteiger partial charge in [0.1, 0.15) is 5.75 Å². The highest BCUT2D eigenvalue weighted by Gasteiger charge is 2.56. The maximum atomic E-state index is 10.4. The summed E-state index contributed by atoms with van der Waals surface area (Å²) in [6, 6.07) is 5.82. The number of fused-ring (bicyclic) bond motifs is 5. The van der Waals surface area contributed by atoms with Gasteiger partial charge in [0, 0.05) is 5.41 Å². The summed E-state index contributed by atoms with van der Waals surface area (Å²) >= 11 is 0. The van der Waals surface area contributed by atoms with Gasteiger partial charge >= 0.3 is 0 Å². The smallest absolute Gasteiger partial charge is 0.115 e. The number of aromatic hydroxyl groups is 1. The zero-order valence-electron chi connectivity index (χ0n) is 12.3. The Balaban J connectivity index is 1.71. The van der Waals surface area contributed by atoms with E-state index in [1.807, 2.05) is 6.07 Å². The van der Waals surface area contributed by atoms with Crippen LogP contribution in [-0.4, -0.2) is 28.0 Å². The van der Waals surface area contributed by atoms with Gasteiger partial charge in [-0.3, -0.25) is 0 Å². The highest BCUT2D eigenvalue weighted by Crippen LogP contribution is 2.60. The summed E-state index contributed by atoms with van der Waals surface area (Å²) in [7, 11) is 0. The third-order valence-corrected chi connectivity index (χ3v) is 6.68. The van der Waals surface area contributed by atoms with Crippen molar-refractivity contribution in [1.82, 2.24) is 0 Å². The van der Waals surface area contributed by atoms with Crippen LogP contribution in [0.3, 0.4) is 0 Å². The number of rotatable bonds is 1. The van der Waals surface area contributed by atoms with E-state index in [9.17, 15) is 15.3 Å². The summed E-state index contributed by atoms with van der Waals surface area (Å²) in [5.74, 6) is 1.95. The molecule has 0 saturated heterocycles. The number of benzene rings is 1. The molecule has 0 heterocycles. The van der Waals surface area contributed by atoms with Crippen molar-refractivity contribution in [1.29, 1.82) is 0 Å². The Labute approximate surface area is 125 Å². The van der Waals surface area contributed by atoms with Crippen LogP contribution in [-0.2, 0) is 6.42 Å². The number of hydrogen-bond donors (Lipinski definition) is 3. The molecule has 2 fully saturated rings. The van der Waals surface area contributed by atoms with Crippen molar-refractivity contribution in [3.8, 4) is 5.75 Å². The molecule has 114 valence electrons. The summed E-state index contributed by atoms with van der Waals surface area (Å²) in [6.07, 6.45) is 5.69. The molecule has 21 heavy (non-hydrogen) atoms. The lowest BCUT2D eigenvalue weighted by molar-refractivity contribution is -0.0711. The van der Waals surface area contributed by atoms with Crippen LogP contribution in [0.2, 0.25) is 0 Å². The van der Waals surface area contributed by atoms with Crippen LogP contribution in [0.5, 0.6) is 5.75 Å². The fourth-order valence-corrected chi connectivity index (χ4v) is 5.65.